The van der Waals surface area contributed by atoms with Crippen molar-refractivity contribution < 1.29 is 8.78 Å². The van der Waals surface area contributed by atoms with Crippen LogP contribution in [0.1, 0.15) is 22.7 Å². The number of hydrogen-bond donors (Lipinski definition) is 1. The van der Waals surface area contributed by atoms with E-state index in [-0.39, 0.29) is 6.04 Å². The molecule has 0 aliphatic heterocycles. The van der Waals surface area contributed by atoms with Crippen LogP contribution in [-0.4, -0.2) is 7.05 Å². The summed E-state index contributed by atoms with van der Waals surface area (Å²) in [5, 5.41) is 3.07. The molecule has 0 fully saturated rings. The van der Waals surface area contributed by atoms with Crippen LogP contribution in [0.3, 0.4) is 0 Å². The van der Waals surface area contributed by atoms with Gasteiger partial charge in [0.2, 0.25) is 0 Å². The van der Waals surface area contributed by atoms with Crippen LogP contribution in [0.25, 0.3) is 0 Å². The highest BCUT2D eigenvalue weighted by atomic mass is 19.1. The SMILES string of the molecule is CNC(c1ccccc1C)c1ccc(F)cc1F. The highest BCUT2D eigenvalue weighted by Gasteiger charge is 2.17. The van der Waals surface area contributed by atoms with E-state index in [2.05, 4.69) is 5.32 Å². The third kappa shape index (κ3) is 2.41. The van der Waals surface area contributed by atoms with E-state index >= 15 is 0 Å². The molecule has 0 aliphatic carbocycles. The molecule has 1 unspecified atom stereocenters. The summed E-state index contributed by atoms with van der Waals surface area (Å²) in [6, 6.07) is 11.2. The highest BCUT2D eigenvalue weighted by molar-refractivity contribution is 5.37. The summed E-state index contributed by atoms with van der Waals surface area (Å²) in [5.74, 6) is -1.09. The lowest BCUT2D eigenvalue weighted by molar-refractivity contribution is 0.551. The van der Waals surface area contributed by atoms with Crippen molar-refractivity contribution >= 4 is 0 Å². The third-order valence-electron chi connectivity index (χ3n) is 3.06. The van der Waals surface area contributed by atoms with Gasteiger partial charge in [0.25, 0.3) is 0 Å². The Balaban J connectivity index is 2.49. The largest absolute Gasteiger partial charge is 0.309 e. The molecule has 0 saturated heterocycles. The van der Waals surface area contributed by atoms with E-state index in [1.807, 2.05) is 31.2 Å². The summed E-state index contributed by atoms with van der Waals surface area (Å²) < 4.78 is 26.8. The molecular weight excluding hydrogens is 232 g/mol. The van der Waals surface area contributed by atoms with Gasteiger partial charge in [-0.3, -0.25) is 0 Å². The van der Waals surface area contributed by atoms with Crippen molar-refractivity contribution in [2.45, 2.75) is 13.0 Å². The van der Waals surface area contributed by atoms with Gasteiger partial charge in [-0.15, -0.1) is 0 Å². The summed E-state index contributed by atoms with van der Waals surface area (Å²) in [6.45, 7) is 1.97. The second kappa shape index (κ2) is 5.27. The summed E-state index contributed by atoms with van der Waals surface area (Å²) >= 11 is 0. The van der Waals surface area contributed by atoms with Gasteiger partial charge in [0.05, 0.1) is 6.04 Å². The van der Waals surface area contributed by atoms with Crippen LogP contribution < -0.4 is 5.32 Å². The minimum atomic E-state index is -0.559. The molecule has 0 amide bonds. The molecule has 1 N–H and O–H groups in total. The molecule has 1 atom stereocenters. The van der Waals surface area contributed by atoms with Gasteiger partial charge < -0.3 is 5.32 Å². The fourth-order valence-corrected chi connectivity index (χ4v) is 2.12. The maximum Gasteiger partial charge on any atom is 0.131 e. The highest BCUT2D eigenvalue weighted by Crippen LogP contribution is 2.26. The van der Waals surface area contributed by atoms with E-state index in [0.717, 1.165) is 17.2 Å². The Morgan fingerprint density at radius 3 is 2.33 bits per heavy atom. The second-order valence-corrected chi connectivity index (χ2v) is 4.24. The van der Waals surface area contributed by atoms with Gasteiger partial charge in [0.15, 0.2) is 0 Å². The van der Waals surface area contributed by atoms with Crippen molar-refractivity contribution in [2.24, 2.45) is 0 Å². The summed E-state index contributed by atoms with van der Waals surface area (Å²) in [5.41, 5.74) is 2.51. The predicted octanol–water partition coefficient (Wildman–Crippen LogP) is 3.58. The van der Waals surface area contributed by atoms with Crippen LogP contribution in [0.4, 0.5) is 8.78 Å². The van der Waals surface area contributed by atoms with Crippen LogP contribution >= 0.6 is 0 Å². The summed E-state index contributed by atoms with van der Waals surface area (Å²) in [6.07, 6.45) is 0. The van der Waals surface area contributed by atoms with Gasteiger partial charge in [0.1, 0.15) is 11.6 Å². The first-order valence-electron chi connectivity index (χ1n) is 5.81. The fraction of sp³-hybridized carbons (Fsp3) is 0.200. The standard InChI is InChI=1S/C15H15F2N/c1-10-5-3-4-6-12(10)15(18-2)13-8-7-11(16)9-14(13)17/h3-9,15,18H,1-2H3. The molecule has 0 spiro atoms. The van der Waals surface area contributed by atoms with Crippen LogP contribution in [0.2, 0.25) is 0 Å². The predicted molar refractivity (Wildman–Crippen MR) is 68.4 cm³/mol. The fourth-order valence-electron chi connectivity index (χ4n) is 2.12. The molecule has 94 valence electrons. The van der Waals surface area contributed by atoms with Gasteiger partial charge in [-0.25, -0.2) is 8.78 Å². The quantitative estimate of drug-likeness (QED) is 0.874. The van der Waals surface area contributed by atoms with Gasteiger partial charge in [-0.05, 0) is 31.2 Å². The number of benzene rings is 2. The van der Waals surface area contributed by atoms with Crippen molar-refractivity contribution in [3.63, 3.8) is 0 Å². The lowest BCUT2D eigenvalue weighted by Gasteiger charge is -2.20. The van der Waals surface area contributed by atoms with Gasteiger partial charge in [-0.2, -0.15) is 0 Å². The smallest absolute Gasteiger partial charge is 0.131 e. The zero-order valence-electron chi connectivity index (χ0n) is 10.4. The zero-order valence-corrected chi connectivity index (χ0v) is 10.4. The number of rotatable bonds is 3. The summed E-state index contributed by atoms with van der Waals surface area (Å²) in [7, 11) is 1.76. The first kappa shape index (κ1) is 12.7. The number of aryl methyl sites for hydroxylation is 1. The van der Waals surface area contributed by atoms with Crippen LogP contribution in [0.15, 0.2) is 42.5 Å². The van der Waals surface area contributed by atoms with Gasteiger partial charge in [-0.1, -0.05) is 30.3 Å². The van der Waals surface area contributed by atoms with Crippen molar-refractivity contribution in [3.05, 3.63) is 70.8 Å². The first-order valence-corrected chi connectivity index (χ1v) is 5.81. The molecule has 2 aromatic rings. The minimum Gasteiger partial charge on any atom is -0.309 e. The Bertz CT molecular complexity index is 552. The Labute approximate surface area is 105 Å². The molecular formula is C15H15F2N. The van der Waals surface area contributed by atoms with Crippen molar-refractivity contribution in [2.75, 3.05) is 7.05 Å². The Kier molecular flexibility index (Phi) is 3.72. The normalized spacial score (nSPS) is 12.4. The van der Waals surface area contributed by atoms with E-state index in [1.165, 1.54) is 12.1 Å². The van der Waals surface area contributed by atoms with Crippen LogP contribution in [0.5, 0.6) is 0 Å². The van der Waals surface area contributed by atoms with Gasteiger partial charge >= 0.3 is 0 Å². The molecule has 3 heteroatoms. The maximum atomic E-state index is 13.8. The molecule has 0 aliphatic rings. The second-order valence-electron chi connectivity index (χ2n) is 4.24. The lowest BCUT2D eigenvalue weighted by atomic mass is 9.95. The average Bonchev–Trinajstić information content (AvgIpc) is 2.34. The van der Waals surface area contributed by atoms with Crippen molar-refractivity contribution in [3.8, 4) is 0 Å². The number of halogens is 2. The molecule has 18 heavy (non-hydrogen) atoms. The lowest BCUT2D eigenvalue weighted by Crippen LogP contribution is -2.20. The third-order valence-corrected chi connectivity index (χ3v) is 3.06. The van der Waals surface area contributed by atoms with E-state index in [9.17, 15) is 8.78 Å². The molecule has 2 rings (SSSR count). The van der Waals surface area contributed by atoms with E-state index in [1.54, 1.807) is 7.05 Å². The molecule has 0 radical (unpaired) electrons. The molecule has 2 aromatic carbocycles. The summed E-state index contributed by atoms with van der Waals surface area (Å²) in [4.78, 5) is 0. The number of nitrogens with one attached hydrogen (secondary N) is 1. The van der Waals surface area contributed by atoms with Crippen LogP contribution in [0, 0.1) is 18.6 Å². The monoisotopic (exact) mass is 247 g/mol. The first-order chi connectivity index (χ1) is 8.63. The molecule has 1 nitrogen and oxygen atoms in total. The molecule has 0 aromatic heterocycles. The number of hydrogen-bond acceptors (Lipinski definition) is 1. The average molecular weight is 247 g/mol. The molecule has 0 saturated carbocycles. The van der Waals surface area contributed by atoms with Crippen LogP contribution in [-0.2, 0) is 0 Å². The van der Waals surface area contributed by atoms with E-state index in [0.29, 0.717) is 5.56 Å². The Morgan fingerprint density at radius 1 is 1.00 bits per heavy atom. The Morgan fingerprint density at radius 2 is 1.72 bits per heavy atom. The zero-order chi connectivity index (χ0) is 13.1. The van der Waals surface area contributed by atoms with E-state index < -0.39 is 11.6 Å². The van der Waals surface area contributed by atoms with Gasteiger partial charge in [0, 0.05) is 11.6 Å². The maximum absolute atomic E-state index is 13.8. The molecule has 0 bridgehead atoms. The minimum absolute atomic E-state index is 0.271. The topological polar surface area (TPSA) is 12.0 Å². The van der Waals surface area contributed by atoms with E-state index in [4.69, 9.17) is 0 Å². The van der Waals surface area contributed by atoms with Crippen molar-refractivity contribution in [1.82, 2.24) is 5.32 Å². The Hall–Kier alpha value is -1.74. The van der Waals surface area contributed by atoms with Crippen molar-refractivity contribution in [1.29, 1.82) is 0 Å². The molecule has 0 heterocycles.